The molecule has 1 saturated heterocycles. The molecule has 0 amide bonds. The van der Waals surface area contributed by atoms with Crippen LogP contribution in [0.2, 0.25) is 0 Å². The predicted molar refractivity (Wildman–Crippen MR) is 91.1 cm³/mol. The lowest BCUT2D eigenvalue weighted by Gasteiger charge is -2.30. The summed E-state index contributed by atoms with van der Waals surface area (Å²) < 4.78 is 5.62. The lowest BCUT2D eigenvalue weighted by atomic mass is 9.86. The van der Waals surface area contributed by atoms with Crippen LogP contribution in [-0.2, 0) is 16.1 Å². The smallest absolute Gasteiger partial charge is 0.315 e. The summed E-state index contributed by atoms with van der Waals surface area (Å²) in [6.45, 7) is 1.30. The highest BCUT2D eigenvalue weighted by Gasteiger charge is 2.32. The molecule has 120 valence electrons. The average molecular weight is 309 g/mol. The number of carbonyl (C=O) groups is 1. The number of ether oxygens (including phenoxy) is 1. The maximum Gasteiger partial charge on any atom is 0.315 e. The Hall–Kier alpha value is -2.13. The average Bonchev–Trinajstić information content (AvgIpc) is 2.63. The van der Waals surface area contributed by atoms with Crippen molar-refractivity contribution in [3.8, 4) is 0 Å². The maximum absolute atomic E-state index is 12.8. The number of benzene rings is 2. The minimum Gasteiger partial charge on any atom is -0.460 e. The second-order valence-electron chi connectivity index (χ2n) is 6.04. The number of piperidine rings is 1. The Bertz CT molecular complexity index is 606. The fourth-order valence-electron chi connectivity index (χ4n) is 3.17. The lowest BCUT2D eigenvalue weighted by Crippen LogP contribution is -2.42. The molecule has 23 heavy (non-hydrogen) atoms. The highest BCUT2D eigenvalue weighted by atomic mass is 16.5. The van der Waals surface area contributed by atoms with E-state index >= 15 is 0 Å². The molecule has 1 fully saturated rings. The van der Waals surface area contributed by atoms with Crippen molar-refractivity contribution in [3.63, 3.8) is 0 Å². The molecule has 0 saturated carbocycles. The van der Waals surface area contributed by atoms with Crippen LogP contribution in [0.4, 0.5) is 0 Å². The third-order valence-electron chi connectivity index (χ3n) is 4.39. The Morgan fingerprint density at radius 1 is 1.04 bits per heavy atom. The summed E-state index contributed by atoms with van der Waals surface area (Å²) in [7, 11) is 0. The minimum absolute atomic E-state index is 0.139. The summed E-state index contributed by atoms with van der Waals surface area (Å²) in [4.78, 5) is 12.8. The second kappa shape index (κ2) is 7.93. The van der Waals surface area contributed by atoms with Gasteiger partial charge in [0.2, 0.25) is 0 Å². The molecule has 0 aromatic heterocycles. The van der Waals surface area contributed by atoms with Gasteiger partial charge in [-0.1, -0.05) is 67.1 Å². The second-order valence-corrected chi connectivity index (χ2v) is 6.04. The van der Waals surface area contributed by atoms with Crippen LogP contribution in [0, 0.1) is 0 Å². The quantitative estimate of drug-likeness (QED) is 0.857. The maximum atomic E-state index is 12.8. The van der Waals surface area contributed by atoms with E-state index in [2.05, 4.69) is 5.32 Å². The van der Waals surface area contributed by atoms with E-state index in [1.807, 2.05) is 60.7 Å². The van der Waals surface area contributed by atoms with E-state index < -0.39 is 0 Å². The zero-order valence-corrected chi connectivity index (χ0v) is 13.3. The van der Waals surface area contributed by atoms with E-state index in [1.165, 1.54) is 6.42 Å². The normalized spacial score (nSPS) is 19.0. The summed E-state index contributed by atoms with van der Waals surface area (Å²) in [5.74, 6) is -0.375. The molecule has 0 spiro atoms. The topological polar surface area (TPSA) is 38.3 Å². The monoisotopic (exact) mass is 309 g/mol. The third kappa shape index (κ3) is 4.20. The first kappa shape index (κ1) is 15.8. The van der Waals surface area contributed by atoms with Gasteiger partial charge in [0.15, 0.2) is 0 Å². The van der Waals surface area contributed by atoms with E-state index in [1.54, 1.807) is 0 Å². The minimum atomic E-state index is -0.236. The molecule has 3 heteroatoms. The highest BCUT2D eigenvalue weighted by molar-refractivity contribution is 5.79. The number of esters is 1. The summed E-state index contributed by atoms with van der Waals surface area (Å²) >= 11 is 0. The van der Waals surface area contributed by atoms with Gasteiger partial charge in [-0.25, -0.2) is 0 Å². The first-order chi connectivity index (χ1) is 11.3. The zero-order chi connectivity index (χ0) is 15.9. The predicted octanol–water partition coefficient (Wildman–Crippen LogP) is 3.66. The molecule has 0 aliphatic carbocycles. The van der Waals surface area contributed by atoms with Crippen LogP contribution in [-0.4, -0.2) is 18.6 Å². The Morgan fingerprint density at radius 3 is 2.39 bits per heavy atom. The van der Waals surface area contributed by atoms with Crippen LogP contribution in [0.15, 0.2) is 60.7 Å². The first-order valence-electron chi connectivity index (χ1n) is 8.33. The van der Waals surface area contributed by atoms with Crippen LogP contribution < -0.4 is 5.32 Å². The molecule has 1 aliphatic heterocycles. The van der Waals surface area contributed by atoms with Crippen LogP contribution in [0.5, 0.6) is 0 Å². The van der Waals surface area contributed by atoms with Gasteiger partial charge in [-0.05, 0) is 30.5 Å². The van der Waals surface area contributed by atoms with Crippen molar-refractivity contribution in [2.24, 2.45) is 0 Å². The molecule has 2 atom stereocenters. The molecule has 0 bridgehead atoms. The van der Waals surface area contributed by atoms with Gasteiger partial charge in [0.25, 0.3) is 0 Å². The van der Waals surface area contributed by atoms with Gasteiger partial charge in [-0.15, -0.1) is 0 Å². The number of nitrogens with one attached hydrogen (secondary N) is 1. The van der Waals surface area contributed by atoms with Gasteiger partial charge < -0.3 is 10.1 Å². The van der Waals surface area contributed by atoms with E-state index in [9.17, 15) is 4.79 Å². The standard InChI is InChI=1S/C20H23NO2/c22-20(23-15-16-9-3-1-4-10-16)19(17-11-5-2-6-12-17)18-13-7-8-14-21-18/h1-6,9-12,18-19,21H,7-8,13-15H2/t18-,19+/m1/s1. The third-order valence-corrected chi connectivity index (χ3v) is 4.39. The largest absolute Gasteiger partial charge is 0.460 e. The Balaban J connectivity index is 1.73. The van der Waals surface area contributed by atoms with Crippen molar-refractivity contribution in [2.75, 3.05) is 6.54 Å². The van der Waals surface area contributed by atoms with Crippen molar-refractivity contribution in [2.45, 2.75) is 37.8 Å². The molecule has 3 rings (SSSR count). The molecule has 2 aromatic carbocycles. The molecular weight excluding hydrogens is 286 g/mol. The van der Waals surface area contributed by atoms with Gasteiger partial charge in [-0.2, -0.15) is 0 Å². The summed E-state index contributed by atoms with van der Waals surface area (Å²) in [5.41, 5.74) is 2.05. The fraction of sp³-hybridized carbons (Fsp3) is 0.350. The van der Waals surface area contributed by atoms with Crippen LogP contribution in [0.25, 0.3) is 0 Å². The SMILES string of the molecule is O=C(OCc1ccccc1)[C@@H](c1ccccc1)[C@H]1CCCCN1. The molecule has 1 heterocycles. The zero-order valence-electron chi connectivity index (χ0n) is 13.3. The van der Waals surface area contributed by atoms with Crippen molar-refractivity contribution < 1.29 is 9.53 Å². The summed E-state index contributed by atoms with van der Waals surface area (Å²) in [6.07, 6.45) is 3.35. The molecule has 1 aliphatic rings. The molecule has 0 radical (unpaired) electrons. The van der Waals surface area contributed by atoms with Crippen LogP contribution in [0.1, 0.15) is 36.3 Å². The van der Waals surface area contributed by atoms with Gasteiger partial charge >= 0.3 is 5.97 Å². The molecule has 1 N–H and O–H groups in total. The number of carbonyl (C=O) groups excluding carboxylic acids is 1. The summed E-state index contributed by atoms with van der Waals surface area (Å²) in [5, 5.41) is 3.50. The van der Waals surface area contributed by atoms with E-state index in [-0.39, 0.29) is 17.9 Å². The van der Waals surface area contributed by atoms with E-state index in [4.69, 9.17) is 4.74 Å². The Kier molecular flexibility index (Phi) is 5.43. The van der Waals surface area contributed by atoms with Crippen molar-refractivity contribution in [1.29, 1.82) is 0 Å². The van der Waals surface area contributed by atoms with Crippen LogP contribution >= 0.6 is 0 Å². The first-order valence-corrected chi connectivity index (χ1v) is 8.33. The van der Waals surface area contributed by atoms with Crippen molar-refractivity contribution in [1.82, 2.24) is 5.32 Å². The fourth-order valence-corrected chi connectivity index (χ4v) is 3.17. The summed E-state index contributed by atoms with van der Waals surface area (Å²) in [6, 6.07) is 20.0. The van der Waals surface area contributed by atoms with Crippen molar-refractivity contribution >= 4 is 5.97 Å². The van der Waals surface area contributed by atoms with Gasteiger partial charge in [0.1, 0.15) is 6.61 Å². The van der Waals surface area contributed by atoms with Crippen molar-refractivity contribution in [3.05, 3.63) is 71.8 Å². The van der Waals surface area contributed by atoms with Crippen LogP contribution in [0.3, 0.4) is 0 Å². The lowest BCUT2D eigenvalue weighted by molar-refractivity contribution is -0.147. The Labute approximate surface area is 137 Å². The molecule has 0 unspecified atom stereocenters. The van der Waals surface area contributed by atoms with E-state index in [0.29, 0.717) is 6.61 Å². The number of hydrogen-bond donors (Lipinski definition) is 1. The van der Waals surface area contributed by atoms with Gasteiger partial charge in [-0.3, -0.25) is 4.79 Å². The van der Waals surface area contributed by atoms with E-state index in [0.717, 1.165) is 30.5 Å². The molecule has 2 aromatic rings. The highest BCUT2D eigenvalue weighted by Crippen LogP contribution is 2.27. The number of rotatable bonds is 5. The number of hydrogen-bond acceptors (Lipinski definition) is 3. The van der Waals surface area contributed by atoms with Gasteiger partial charge in [0.05, 0.1) is 5.92 Å². The van der Waals surface area contributed by atoms with Gasteiger partial charge in [0, 0.05) is 6.04 Å². The molecular formula is C20H23NO2. The Morgan fingerprint density at radius 2 is 1.74 bits per heavy atom. The molecule has 3 nitrogen and oxygen atoms in total.